The molecule has 9 heteroatoms. The Morgan fingerprint density at radius 2 is 2.15 bits per heavy atom. The van der Waals surface area contributed by atoms with Gasteiger partial charge < -0.3 is 14.3 Å². The molecule has 0 unspecified atom stereocenters. The van der Waals surface area contributed by atoms with Crippen LogP contribution in [0.15, 0.2) is 52.0 Å². The Hall–Kier alpha value is -3.88. The van der Waals surface area contributed by atoms with E-state index in [0.717, 1.165) is 6.07 Å². The maximum Gasteiger partial charge on any atom is 0.311 e. The fourth-order valence-electron chi connectivity index (χ4n) is 2.38. The van der Waals surface area contributed by atoms with Crippen LogP contribution in [0.3, 0.4) is 0 Å². The molecule has 0 fully saturated rings. The van der Waals surface area contributed by atoms with Crippen molar-refractivity contribution >= 4 is 28.8 Å². The van der Waals surface area contributed by atoms with Gasteiger partial charge in [0.15, 0.2) is 11.5 Å². The van der Waals surface area contributed by atoms with Crippen LogP contribution in [0.25, 0.3) is 11.0 Å². The molecule has 0 spiro atoms. The number of ether oxygens (including phenoxy) is 1. The summed E-state index contributed by atoms with van der Waals surface area (Å²) in [5.41, 5.74) is 2.70. The molecule has 0 bridgehead atoms. The maximum atomic E-state index is 12.1. The lowest BCUT2D eigenvalue weighted by Gasteiger charge is -2.00. The number of rotatable bonds is 6. The van der Waals surface area contributed by atoms with Crippen molar-refractivity contribution in [1.82, 2.24) is 5.43 Å². The zero-order valence-electron chi connectivity index (χ0n) is 14.2. The van der Waals surface area contributed by atoms with Crippen LogP contribution in [0.1, 0.15) is 23.0 Å². The van der Waals surface area contributed by atoms with E-state index in [0.29, 0.717) is 28.9 Å². The highest BCUT2D eigenvalue weighted by Crippen LogP contribution is 2.26. The number of hydrogen-bond donors (Lipinski definition) is 2. The standard InChI is InChI=1S/C18H15N3O6/c1-2-26-13-4-6-16-12(8-13)9-17(27-16)18(23)20-19-10-11-3-5-15(22)14(7-11)21(24)25/h3-10,22H,2H2,1H3,(H,20,23)/b19-10+. The normalized spacial score (nSPS) is 11.0. The van der Waals surface area contributed by atoms with E-state index < -0.39 is 22.3 Å². The van der Waals surface area contributed by atoms with Crippen molar-refractivity contribution in [2.75, 3.05) is 6.61 Å². The van der Waals surface area contributed by atoms with Crippen molar-refractivity contribution in [2.24, 2.45) is 5.10 Å². The van der Waals surface area contributed by atoms with Gasteiger partial charge in [0, 0.05) is 17.0 Å². The van der Waals surface area contributed by atoms with Gasteiger partial charge in [-0.05, 0) is 43.3 Å². The van der Waals surface area contributed by atoms with E-state index in [1.54, 1.807) is 24.3 Å². The minimum absolute atomic E-state index is 0.0625. The molecule has 0 aliphatic rings. The van der Waals surface area contributed by atoms with Crippen molar-refractivity contribution < 1.29 is 24.0 Å². The summed E-state index contributed by atoms with van der Waals surface area (Å²) in [6.45, 7) is 2.40. The summed E-state index contributed by atoms with van der Waals surface area (Å²) in [5, 5.41) is 24.7. The highest BCUT2D eigenvalue weighted by molar-refractivity contribution is 5.96. The molecule has 3 rings (SSSR count). The largest absolute Gasteiger partial charge is 0.502 e. The van der Waals surface area contributed by atoms with Crippen molar-refractivity contribution in [1.29, 1.82) is 0 Å². The first-order chi connectivity index (χ1) is 13.0. The average Bonchev–Trinajstić information content (AvgIpc) is 3.06. The van der Waals surface area contributed by atoms with Crippen molar-refractivity contribution in [3.8, 4) is 11.5 Å². The van der Waals surface area contributed by atoms with Crippen LogP contribution in [0.2, 0.25) is 0 Å². The second kappa shape index (κ2) is 7.56. The number of furan rings is 1. The minimum Gasteiger partial charge on any atom is -0.502 e. The molecule has 138 valence electrons. The summed E-state index contributed by atoms with van der Waals surface area (Å²) in [6.07, 6.45) is 1.22. The number of amides is 1. The van der Waals surface area contributed by atoms with Gasteiger partial charge >= 0.3 is 11.6 Å². The lowest BCUT2D eigenvalue weighted by Crippen LogP contribution is -2.16. The Labute approximate surface area is 153 Å². The van der Waals surface area contributed by atoms with Gasteiger partial charge in [0.1, 0.15) is 11.3 Å². The molecule has 27 heavy (non-hydrogen) atoms. The molecule has 0 radical (unpaired) electrons. The zero-order chi connectivity index (χ0) is 19.4. The van der Waals surface area contributed by atoms with Crippen molar-refractivity contribution in [2.45, 2.75) is 6.92 Å². The van der Waals surface area contributed by atoms with E-state index in [9.17, 15) is 20.0 Å². The van der Waals surface area contributed by atoms with Crippen LogP contribution < -0.4 is 10.2 Å². The molecule has 1 aromatic heterocycles. The molecule has 0 saturated carbocycles. The number of nitro benzene ring substituents is 1. The average molecular weight is 369 g/mol. The summed E-state index contributed by atoms with van der Waals surface area (Å²) in [6, 6.07) is 10.5. The second-order valence-electron chi connectivity index (χ2n) is 5.45. The number of carbonyl (C=O) groups excluding carboxylic acids is 1. The van der Waals surface area contributed by atoms with E-state index in [1.165, 1.54) is 18.3 Å². The molecule has 1 heterocycles. The zero-order valence-corrected chi connectivity index (χ0v) is 14.2. The predicted octanol–water partition coefficient (Wildman–Crippen LogP) is 3.21. The molecule has 2 N–H and O–H groups in total. The molecule has 0 atom stereocenters. The van der Waals surface area contributed by atoms with Crippen LogP contribution in [0.5, 0.6) is 11.5 Å². The topological polar surface area (TPSA) is 127 Å². The lowest BCUT2D eigenvalue weighted by atomic mass is 10.2. The summed E-state index contributed by atoms with van der Waals surface area (Å²) in [4.78, 5) is 22.2. The van der Waals surface area contributed by atoms with Crippen LogP contribution in [-0.4, -0.2) is 28.8 Å². The smallest absolute Gasteiger partial charge is 0.311 e. The van der Waals surface area contributed by atoms with Crippen LogP contribution >= 0.6 is 0 Å². The predicted molar refractivity (Wildman–Crippen MR) is 97.2 cm³/mol. The molecule has 0 aliphatic heterocycles. The third kappa shape index (κ3) is 4.03. The molecule has 0 saturated heterocycles. The van der Waals surface area contributed by atoms with E-state index >= 15 is 0 Å². The number of phenols is 1. The Balaban J connectivity index is 1.72. The molecule has 2 aromatic carbocycles. The Morgan fingerprint density at radius 3 is 2.89 bits per heavy atom. The fourth-order valence-corrected chi connectivity index (χ4v) is 2.38. The molecule has 1 amide bonds. The number of nitro groups is 1. The summed E-state index contributed by atoms with van der Waals surface area (Å²) in [7, 11) is 0. The van der Waals surface area contributed by atoms with Crippen LogP contribution in [0, 0.1) is 10.1 Å². The summed E-state index contributed by atoms with van der Waals surface area (Å²) in [5.74, 6) is -0.291. The second-order valence-corrected chi connectivity index (χ2v) is 5.45. The first-order valence-corrected chi connectivity index (χ1v) is 7.95. The van der Waals surface area contributed by atoms with Gasteiger partial charge in [0.05, 0.1) is 17.7 Å². The number of carbonyl (C=O) groups is 1. The highest BCUT2D eigenvalue weighted by atomic mass is 16.6. The monoisotopic (exact) mass is 369 g/mol. The van der Waals surface area contributed by atoms with Crippen LogP contribution in [-0.2, 0) is 0 Å². The molecule has 3 aromatic rings. The van der Waals surface area contributed by atoms with Gasteiger partial charge in [-0.15, -0.1) is 0 Å². The maximum absolute atomic E-state index is 12.1. The molecular weight excluding hydrogens is 354 g/mol. The van der Waals surface area contributed by atoms with E-state index in [-0.39, 0.29) is 5.76 Å². The molecule has 9 nitrogen and oxygen atoms in total. The van der Waals surface area contributed by atoms with Gasteiger partial charge in [0.2, 0.25) is 0 Å². The first kappa shape index (κ1) is 17.9. The van der Waals surface area contributed by atoms with Gasteiger partial charge in [-0.25, -0.2) is 5.43 Å². The number of phenolic OH excluding ortho intramolecular Hbond substituents is 1. The SMILES string of the molecule is CCOc1ccc2oc(C(=O)N/N=C/c3ccc(O)c([N+](=O)[O-])c3)cc2c1. The third-order valence-corrected chi connectivity index (χ3v) is 3.60. The number of fused-ring (bicyclic) bond motifs is 1. The van der Waals surface area contributed by atoms with E-state index in [1.807, 2.05) is 6.92 Å². The summed E-state index contributed by atoms with van der Waals surface area (Å²) < 4.78 is 10.9. The lowest BCUT2D eigenvalue weighted by molar-refractivity contribution is -0.385. The van der Waals surface area contributed by atoms with Gasteiger partial charge in [0.25, 0.3) is 0 Å². The van der Waals surface area contributed by atoms with Crippen LogP contribution in [0.4, 0.5) is 5.69 Å². The van der Waals surface area contributed by atoms with Gasteiger partial charge in [-0.1, -0.05) is 0 Å². The quantitative estimate of drug-likeness (QED) is 0.390. The van der Waals surface area contributed by atoms with Crippen molar-refractivity contribution in [3.05, 3.63) is 63.9 Å². The number of nitrogens with zero attached hydrogens (tertiary/aromatic N) is 2. The highest BCUT2D eigenvalue weighted by Gasteiger charge is 2.14. The van der Waals surface area contributed by atoms with E-state index in [4.69, 9.17) is 9.15 Å². The summed E-state index contributed by atoms with van der Waals surface area (Å²) >= 11 is 0. The number of hydrogen-bond acceptors (Lipinski definition) is 7. The Bertz CT molecular complexity index is 1040. The molecular formula is C18H15N3O6. The van der Waals surface area contributed by atoms with Gasteiger partial charge in [-0.3, -0.25) is 14.9 Å². The number of benzene rings is 2. The fraction of sp³-hybridized carbons (Fsp3) is 0.111. The number of aromatic hydroxyl groups is 1. The Morgan fingerprint density at radius 1 is 1.33 bits per heavy atom. The third-order valence-electron chi connectivity index (χ3n) is 3.60. The van der Waals surface area contributed by atoms with E-state index in [2.05, 4.69) is 10.5 Å². The van der Waals surface area contributed by atoms with Crippen molar-refractivity contribution in [3.63, 3.8) is 0 Å². The number of hydrazone groups is 1. The van der Waals surface area contributed by atoms with Gasteiger partial charge in [-0.2, -0.15) is 5.10 Å². The number of nitrogens with one attached hydrogen (secondary N) is 1. The Kier molecular flexibility index (Phi) is 5.02. The molecule has 0 aliphatic carbocycles. The first-order valence-electron chi connectivity index (χ1n) is 7.95. The minimum atomic E-state index is -0.712.